The van der Waals surface area contributed by atoms with Gasteiger partial charge in [-0.05, 0) is 36.5 Å². The Morgan fingerprint density at radius 1 is 1.03 bits per heavy atom. The molecule has 0 saturated carbocycles. The Hall–Kier alpha value is -3.43. The number of hydrogen-bond donors (Lipinski definition) is 0. The maximum atomic E-state index is 13.7. The van der Waals surface area contributed by atoms with Gasteiger partial charge in [0.25, 0.3) is 0 Å². The number of halogens is 1. The summed E-state index contributed by atoms with van der Waals surface area (Å²) < 4.78 is 15.4. The quantitative estimate of drug-likeness (QED) is 0.286. The first-order chi connectivity index (χ1) is 18.8. The van der Waals surface area contributed by atoms with E-state index in [0.717, 1.165) is 5.56 Å². The van der Waals surface area contributed by atoms with Crippen molar-refractivity contribution in [3.8, 4) is 5.75 Å². The molecule has 0 amide bonds. The van der Waals surface area contributed by atoms with E-state index in [0.29, 0.717) is 44.7 Å². The highest BCUT2D eigenvalue weighted by Crippen LogP contribution is 2.49. The van der Waals surface area contributed by atoms with Gasteiger partial charge in [0.05, 0.1) is 32.9 Å². The van der Waals surface area contributed by atoms with Crippen LogP contribution in [0.25, 0.3) is 0 Å². The Kier molecular flexibility index (Phi) is 7.64. The molecule has 3 aliphatic rings. The van der Waals surface area contributed by atoms with Crippen LogP contribution in [-0.2, 0) is 30.3 Å². The average Bonchev–Trinajstić information content (AvgIpc) is 3.38. The molecule has 5 rings (SSSR count). The minimum absolute atomic E-state index is 0.113. The highest BCUT2D eigenvalue weighted by Gasteiger charge is 2.53. The lowest BCUT2D eigenvalue weighted by atomic mass is 9.69. The third kappa shape index (κ3) is 4.78. The molecule has 10 heteroatoms. The summed E-state index contributed by atoms with van der Waals surface area (Å²) in [6.07, 6.45) is 0.979. The van der Waals surface area contributed by atoms with Gasteiger partial charge in [-0.1, -0.05) is 53.7 Å². The fourth-order valence-electron chi connectivity index (χ4n) is 5.76. The lowest BCUT2D eigenvalue weighted by molar-refractivity contribution is -0.152. The van der Waals surface area contributed by atoms with E-state index < -0.39 is 35.6 Å². The number of carbonyl (C=O) groups excluding carboxylic acids is 4. The molecule has 0 spiro atoms. The molecule has 39 heavy (non-hydrogen) atoms. The van der Waals surface area contributed by atoms with Crippen LogP contribution >= 0.6 is 23.4 Å². The molecule has 0 radical (unpaired) electrons. The van der Waals surface area contributed by atoms with Crippen molar-refractivity contribution in [3.05, 3.63) is 74.7 Å². The number of ether oxygens (including phenoxy) is 3. The molecule has 2 aromatic rings. The molecule has 0 saturated heterocycles. The van der Waals surface area contributed by atoms with Gasteiger partial charge in [0.15, 0.2) is 11.6 Å². The lowest BCUT2D eigenvalue weighted by Gasteiger charge is -2.36. The van der Waals surface area contributed by atoms with Crippen molar-refractivity contribution in [1.29, 1.82) is 0 Å². The van der Waals surface area contributed by atoms with E-state index in [-0.39, 0.29) is 23.7 Å². The normalized spacial score (nSPS) is 24.1. The minimum Gasteiger partial charge on any atom is -0.496 e. The van der Waals surface area contributed by atoms with E-state index in [1.54, 1.807) is 12.1 Å². The SMILES string of the molecule is COC(=O)C1=C2SC(c3ccccc3)=NC2C(CC2CC(=O)c3c(OC)ccc(Cl)c3C2)C(C(=O)OC)C1=O. The Morgan fingerprint density at radius 2 is 1.77 bits per heavy atom. The summed E-state index contributed by atoms with van der Waals surface area (Å²) in [4.78, 5) is 58.2. The van der Waals surface area contributed by atoms with Gasteiger partial charge in [-0.15, -0.1) is 0 Å². The Morgan fingerprint density at radius 3 is 2.44 bits per heavy atom. The number of aliphatic imine (C=N–C) groups is 1. The molecule has 4 atom stereocenters. The topological polar surface area (TPSA) is 108 Å². The molecular weight excluding hydrogens is 542 g/mol. The molecule has 1 aliphatic heterocycles. The first-order valence-corrected chi connectivity index (χ1v) is 13.6. The van der Waals surface area contributed by atoms with Crippen LogP contribution in [0.4, 0.5) is 0 Å². The smallest absolute Gasteiger partial charge is 0.342 e. The number of fused-ring (bicyclic) bond motifs is 2. The first kappa shape index (κ1) is 27.1. The number of carbonyl (C=O) groups is 4. The molecule has 0 N–H and O–H groups in total. The molecule has 8 nitrogen and oxygen atoms in total. The van der Waals surface area contributed by atoms with Crippen LogP contribution in [0.3, 0.4) is 0 Å². The fourth-order valence-corrected chi connectivity index (χ4v) is 7.26. The number of ketones is 2. The van der Waals surface area contributed by atoms with Gasteiger partial charge in [-0.3, -0.25) is 19.4 Å². The number of benzene rings is 2. The number of rotatable bonds is 6. The Labute approximate surface area is 234 Å². The number of hydrogen-bond acceptors (Lipinski definition) is 9. The summed E-state index contributed by atoms with van der Waals surface area (Å²) in [7, 11) is 3.90. The zero-order valence-electron chi connectivity index (χ0n) is 21.6. The van der Waals surface area contributed by atoms with Gasteiger partial charge in [0.2, 0.25) is 0 Å². The summed E-state index contributed by atoms with van der Waals surface area (Å²) in [5, 5.41) is 1.10. The molecule has 0 aromatic heterocycles. The van der Waals surface area contributed by atoms with Gasteiger partial charge in [-0.2, -0.15) is 0 Å². The van der Waals surface area contributed by atoms with Crippen LogP contribution in [0.15, 0.2) is 57.9 Å². The molecule has 2 aromatic carbocycles. The minimum atomic E-state index is -1.27. The molecule has 2 aliphatic carbocycles. The Balaban J connectivity index is 1.58. The van der Waals surface area contributed by atoms with E-state index >= 15 is 0 Å². The van der Waals surface area contributed by atoms with Crippen LogP contribution in [0, 0.1) is 17.8 Å². The van der Waals surface area contributed by atoms with Gasteiger partial charge in [0.1, 0.15) is 22.3 Å². The number of thioether (sulfide) groups is 1. The molecule has 1 heterocycles. The molecule has 202 valence electrons. The predicted molar refractivity (Wildman–Crippen MR) is 146 cm³/mol. The van der Waals surface area contributed by atoms with Gasteiger partial charge in [-0.25, -0.2) is 4.79 Å². The third-order valence-electron chi connectivity index (χ3n) is 7.49. The van der Waals surface area contributed by atoms with Crippen LogP contribution < -0.4 is 4.74 Å². The summed E-state index contributed by atoms with van der Waals surface area (Å²) in [5.41, 5.74) is 1.82. The maximum absolute atomic E-state index is 13.7. The predicted octanol–water partition coefficient (Wildman–Crippen LogP) is 4.46. The van der Waals surface area contributed by atoms with Crippen LogP contribution in [0.1, 0.15) is 34.3 Å². The number of esters is 2. The highest BCUT2D eigenvalue weighted by atomic mass is 35.5. The van der Waals surface area contributed by atoms with Crippen LogP contribution in [0.5, 0.6) is 5.75 Å². The fraction of sp³-hybridized carbons (Fsp3) is 0.345. The largest absolute Gasteiger partial charge is 0.496 e. The second-order valence-electron chi connectivity index (χ2n) is 9.64. The van der Waals surface area contributed by atoms with Crippen molar-refractivity contribution in [2.24, 2.45) is 22.7 Å². The molecule has 0 bridgehead atoms. The van der Waals surface area contributed by atoms with Gasteiger partial charge < -0.3 is 14.2 Å². The first-order valence-electron chi connectivity index (χ1n) is 12.4. The van der Waals surface area contributed by atoms with Gasteiger partial charge in [0, 0.05) is 27.8 Å². The second kappa shape index (κ2) is 11.0. The van der Waals surface area contributed by atoms with E-state index in [2.05, 4.69) is 0 Å². The zero-order chi connectivity index (χ0) is 27.8. The van der Waals surface area contributed by atoms with Crippen molar-refractivity contribution in [2.45, 2.75) is 25.3 Å². The maximum Gasteiger partial charge on any atom is 0.342 e. The van der Waals surface area contributed by atoms with E-state index in [4.69, 9.17) is 30.8 Å². The number of methoxy groups -OCH3 is 3. The number of Topliss-reactive ketones (excluding diaryl/α,β-unsaturated/α-hetero) is 2. The van der Waals surface area contributed by atoms with Gasteiger partial charge >= 0.3 is 11.9 Å². The monoisotopic (exact) mass is 567 g/mol. The highest BCUT2D eigenvalue weighted by molar-refractivity contribution is 8.18. The van der Waals surface area contributed by atoms with E-state index in [9.17, 15) is 19.2 Å². The molecule has 4 unspecified atom stereocenters. The Bertz CT molecular complexity index is 1430. The molecule has 0 fully saturated rings. The average molecular weight is 568 g/mol. The summed E-state index contributed by atoms with van der Waals surface area (Å²) >= 11 is 7.73. The lowest BCUT2D eigenvalue weighted by Crippen LogP contribution is -2.45. The van der Waals surface area contributed by atoms with Crippen LogP contribution in [0.2, 0.25) is 5.02 Å². The van der Waals surface area contributed by atoms with Crippen molar-refractivity contribution >= 4 is 51.9 Å². The summed E-state index contributed by atoms with van der Waals surface area (Å²) in [6.45, 7) is 0. The van der Waals surface area contributed by atoms with Crippen molar-refractivity contribution in [1.82, 2.24) is 0 Å². The standard InChI is InChI=1S/C29H26ClNO7S/c1-36-20-10-9-18(30)16-11-14(13-19(32)21(16)20)12-17-22(28(34)37-2)25(33)23(29(35)38-3)26-24(17)31-27(39-26)15-7-5-4-6-8-15/h4-10,14,17,22,24H,11-13H2,1-3H3. The van der Waals surface area contributed by atoms with E-state index in [1.807, 2.05) is 30.3 Å². The van der Waals surface area contributed by atoms with Crippen LogP contribution in [-0.4, -0.2) is 55.9 Å². The third-order valence-corrected chi connectivity index (χ3v) is 9.05. The summed E-state index contributed by atoms with van der Waals surface area (Å²) in [6, 6.07) is 12.1. The summed E-state index contributed by atoms with van der Waals surface area (Å²) in [5.74, 6) is -3.98. The second-order valence-corrected chi connectivity index (χ2v) is 11.1. The van der Waals surface area contributed by atoms with Crippen molar-refractivity contribution < 1.29 is 33.4 Å². The number of nitrogens with zero attached hydrogens (tertiary/aromatic N) is 1. The van der Waals surface area contributed by atoms with E-state index in [1.165, 1.54) is 33.1 Å². The molecular formula is C29H26ClNO7S. The van der Waals surface area contributed by atoms with Crippen molar-refractivity contribution in [3.63, 3.8) is 0 Å². The zero-order valence-corrected chi connectivity index (χ0v) is 23.1. The van der Waals surface area contributed by atoms with Crippen molar-refractivity contribution in [2.75, 3.05) is 21.3 Å².